The van der Waals surface area contributed by atoms with Gasteiger partial charge in [-0.15, -0.1) is 0 Å². The van der Waals surface area contributed by atoms with Crippen LogP contribution in [0.25, 0.3) is 0 Å². The quantitative estimate of drug-likeness (QED) is 0.640. The van der Waals surface area contributed by atoms with E-state index in [0.29, 0.717) is 17.2 Å². The highest BCUT2D eigenvalue weighted by Crippen LogP contribution is 2.15. The smallest absolute Gasteiger partial charge is 0.337 e. The minimum atomic E-state index is -0.996. The van der Waals surface area contributed by atoms with Crippen molar-refractivity contribution in [3.05, 3.63) is 54.0 Å². The summed E-state index contributed by atoms with van der Waals surface area (Å²) < 4.78 is 5.17. The van der Waals surface area contributed by atoms with Crippen LogP contribution in [0.15, 0.2) is 52.2 Å². The zero-order valence-corrected chi connectivity index (χ0v) is 9.75. The van der Waals surface area contributed by atoms with E-state index in [0.717, 1.165) is 0 Å². The first kappa shape index (κ1) is 11.9. The number of hydrogen-bond donors (Lipinski definition) is 2. The lowest BCUT2D eigenvalue weighted by Crippen LogP contribution is -2.04. The Kier molecular flexibility index (Phi) is 3.43. The van der Waals surface area contributed by atoms with Crippen molar-refractivity contribution in [2.24, 2.45) is 5.10 Å². The third kappa shape index (κ3) is 2.57. The Morgan fingerprint density at radius 3 is 2.72 bits per heavy atom. The monoisotopic (exact) mass is 244 g/mol. The van der Waals surface area contributed by atoms with E-state index in [1.165, 1.54) is 6.07 Å². The number of furan rings is 1. The van der Waals surface area contributed by atoms with Crippen LogP contribution in [0.4, 0.5) is 5.69 Å². The fourth-order valence-electron chi connectivity index (χ4n) is 1.45. The van der Waals surface area contributed by atoms with E-state index in [1.807, 2.05) is 0 Å². The molecule has 1 aromatic heterocycles. The molecule has 2 aromatic rings. The molecule has 0 aliphatic heterocycles. The zero-order valence-electron chi connectivity index (χ0n) is 9.75. The van der Waals surface area contributed by atoms with Crippen molar-refractivity contribution in [3.8, 4) is 0 Å². The van der Waals surface area contributed by atoms with Gasteiger partial charge in [0, 0.05) is 0 Å². The maximum atomic E-state index is 11.0. The molecule has 5 nitrogen and oxygen atoms in total. The van der Waals surface area contributed by atoms with Crippen LogP contribution in [-0.2, 0) is 0 Å². The lowest BCUT2D eigenvalue weighted by Gasteiger charge is -2.05. The average molecular weight is 244 g/mol. The number of carboxylic acid groups (broad SMARTS) is 1. The Balaban J connectivity index is 2.20. The molecule has 0 atom stereocenters. The van der Waals surface area contributed by atoms with Crippen molar-refractivity contribution >= 4 is 17.4 Å². The van der Waals surface area contributed by atoms with Crippen molar-refractivity contribution in [1.29, 1.82) is 0 Å². The van der Waals surface area contributed by atoms with Gasteiger partial charge >= 0.3 is 5.97 Å². The van der Waals surface area contributed by atoms with Crippen LogP contribution in [0.5, 0.6) is 0 Å². The summed E-state index contributed by atoms with van der Waals surface area (Å²) in [6, 6.07) is 10.1. The number of carbonyl (C=O) groups is 1. The molecule has 0 radical (unpaired) electrons. The van der Waals surface area contributed by atoms with Gasteiger partial charge in [0.2, 0.25) is 0 Å². The summed E-state index contributed by atoms with van der Waals surface area (Å²) in [7, 11) is 0. The first-order valence-electron chi connectivity index (χ1n) is 5.35. The molecule has 0 aliphatic carbocycles. The second-order valence-electron chi connectivity index (χ2n) is 3.64. The average Bonchev–Trinajstić information content (AvgIpc) is 2.90. The molecule has 0 amide bonds. The summed E-state index contributed by atoms with van der Waals surface area (Å²) in [5.41, 5.74) is 3.98. The second-order valence-corrected chi connectivity index (χ2v) is 3.64. The minimum Gasteiger partial charge on any atom is -0.478 e. The van der Waals surface area contributed by atoms with E-state index < -0.39 is 5.97 Å². The van der Waals surface area contributed by atoms with E-state index in [-0.39, 0.29) is 5.56 Å². The Hall–Kier alpha value is -2.56. The van der Waals surface area contributed by atoms with Gasteiger partial charge in [0.05, 0.1) is 17.5 Å². The summed E-state index contributed by atoms with van der Waals surface area (Å²) in [6.07, 6.45) is 1.56. The summed E-state index contributed by atoms with van der Waals surface area (Å²) >= 11 is 0. The summed E-state index contributed by atoms with van der Waals surface area (Å²) in [5.74, 6) is -0.362. The number of hydrogen-bond acceptors (Lipinski definition) is 4. The molecular weight excluding hydrogens is 232 g/mol. The predicted octanol–water partition coefficient (Wildman–Crippen LogP) is 2.81. The first-order valence-corrected chi connectivity index (χ1v) is 5.35. The molecule has 1 aromatic carbocycles. The van der Waals surface area contributed by atoms with Crippen molar-refractivity contribution < 1.29 is 14.3 Å². The van der Waals surface area contributed by atoms with Crippen LogP contribution >= 0.6 is 0 Å². The van der Waals surface area contributed by atoms with Crippen molar-refractivity contribution in [2.75, 3.05) is 5.43 Å². The maximum absolute atomic E-state index is 11.0. The van der Waals surface area contributed by atoms with Gasteiger partial charge < -0.3 is 9.52 Å². The summed E-state index contributed by atoms with van der Waals surface area (Å²) in [6.45, 7) is 1.77. The molecule has 92 valence electrons. The molecule has 1 heterocycles. The largest absolute Gasteiger partial charge is 0.478 e. The third-order valence-electron chi connectivity index (χ3n) is 2.38. The van der Waals surface area contributed by atoms with Crippen LogP contribution < -0.4 is 5.43 Å². The van der Waals surface area contributed by atoms with Crippen molar-refractivity contribution in [3.63, 3.8) is 0 Å². The molecule has 0 unspecified atom stereocenters. The number of anilines is 1. The highest BCUT2D eigenvalue weighted by Gasteiger charge is 2.08. The number of benzene rings is 1. The topological polar surface area (TPSA) is 74.8 Å². The number of para-hydroxylation sites is 1. The highest BCUT2D eigenvalue weighted by atomic mass is 16.4. The van der Waals surface area contributed by atoms with E-state index in [1.54, 1.807) is 43.5 Å². The molecule has 0 fully saturated rings. The lowest BCUT2D eigenvalue weighted by molar-refractivity contribution is 0.0698. The fourth-order valence-corrected chi connectivity index (χ4v) is 1.45. The van der Waals surface area contributed by atoms with Gasteiger partial charge in [-0.2, -0.15) is 5.10 Å². The SMILES string of the molecule is C/C(=N\Nc1ccccc1C(=O)O)c1ccco1. The highest BCUT2D eigenvalue weighted by molar-refractivity contribution is 5.97. The Morgan fingerprint density at radius 1 is 1.28 bits per heavy atom. The number of nitrogens with one attached hydrogen (secondary N) is 1. The molecule has 18 heavy (non-hydrogen) atoms. The van der Waals surface area contributed by atoms with E-state index in [4.69, 9.17) is 9.52 Å². The van der Waals surface area contributed by atoms with E-state index in [2.05, 4.69) is 10.5 Å². The van der Waals surface area contributed by atoms with Gasteiger partial charge in [-0.25, -0.2) is 4.79 Å². The van der Waals surface area contributed by atoms with Gasteiger partial charge in [0.15, 0.2) is 0 Å². The van der Waals surface area contributed by atoms with Crippen molar-refractivity contribution in [1.82, 2.24) is 0 Å². The Morgan fingerprint density at radius 2 is 2.06 bits per heavy atom. The minimum absolute atomic E-state index is 0.175. The molecule has 0 saturated carbocycles. The van der Waals surface area contributed by atoms with Crippen molar-refractivity contribution in [2.45, 2.75) is 6.92 Å². The van der Waals surface area contributed by atoms with Gasteiger partial charge in [0.25, 0.3) is 0 Å². The number of aromatic carboxylic acids is 1. The molecule has 0 spiro atoms. The molecular formula is C13H12N2O3. The van der Waals surface area contributed by atoms with Crippen LogP contribution in [0.1, 0.15) is 23.0 Å². The van der Waals surface area contributed by atoms with E-state index in [9.17, 15) is 4.79 Å². The lowest BCUT2D eigenvalue weighted by atomic mass is 10.2. The third-order valence-corrected chi connectivity index (χ3v) is 2.38. The first-order chi connectivity index (χ1) is 8.68. The van der Waals surface area contributed by atoms with E-state index >= 15 is 0 Å². The Bertz CT molecular complexity index is 574. The summed E-state index contributed by atoms with van der Waals surface area (Å²) in [5, 5.41) is 13.1. The molecule has 2 N–H and O–H groups in total. The van der Waals surface area contributed by atoms with Gasteiger partial charge in [-0.05, 0) is 31.2 Å². The van der Waals surface area contributed by atoms with Crippen LogP contribution in [0, 0.1) is 0 Å². The number of nitrogens with zero attached hydrogens (tertiary/aromatic N) is 1. The molecule has 0 saturated heterocycles. The van der Waals surface area contributed by atoms with Gasteiger partial charge in [-0.3, -0.25) is 5.43 Å². The standard InChI is InChI=1S/C13H12N2O3/c1-9(12-7-4-8-18-12)14-15-11-6-3-2-5-10(11)13(16)17/h2-8,15H,1H3,(H,16,17)/b14-9+. The normalized spacial score (nSPS) is 11.3. The molecule has 5 heteroatoms. The molecule has 0 bridgehead atoms. The number of rotatable bonds is 4. The molecule has 0 aliphatic rings. The fraction of sp³-hybridized carbons (Fsp3) is 0.0769. The van der Waals surface area contributed by atoms with Crippen LogP contribution in [0.2, 0.25) is 0 Å². The second kappa shape index (κ2) is 5.18. The predicted molar refractivity (Wildman–Crippen MR) is 67.9 cm³/mol. The van der Waals surface area contributed by atoms with Crippen LogP contribution in [-0.4, -0.2) is 16.8 Å². The van der Waals surface area contributed by atoms with Gasteiger partial charge in [0.1, 0.15) is 11.5 Å². The molecule has 2 rings (SSSR count). The maximum Gasteiger partial charge on any atom is 0.337 e. The zero-order chi connectivity index (χ0) is 13.0. The van der Waals surface area contributed by atoms with Crippen LogP contribution in [0.3, 0.4) is 0 Å². The summed E-state index contributed by atoms with van der Waals surface area (Å²) in [4.78, 5) is 11.0. The number of carboxylic acids is 1. The number of hydrazone groups is 1. The Labute approximate surface area is 104 Å². The van der Waals surface area contributed by atoms with Gasteiger partial charge in [-0.1, -0.05) is 12.1 Å².